The zero-order chi connectivity index (χ0) is 13.1. The lowest BCUT2D eigenvalue weighted by atomic mass is 10.3. The van der Waals surface area contributed by atoms with Crippen molar-refractivity contribution < 1.29 is 9.90 Å². The van der Waals surface area contributed by atoms with Gasteiger partial charge >= 0.3 is 5.97 Å². The number of aromatic carboxylic acids is 1. The monoisotopic (exact) mass is 327 g/mol. The van der Waals surface area contributed by atoms with Crippen LogP contribution in [0, 0.1) is 0 Å². The molecular weight excluding hydrogens is 321 g/mol. The van der Waals surface area contributed by atoms with E-state index in [0.29, 0.717) is 10.8 Å². The van der Waals surface area contributed by atoms with Crippen molar-refractivity contribution in [3.05, 3.63) is 45.8 Å². The summed E-state index contributed by atoms with van der Waals surface area (Å²) in [5.74, 6) is -0.680. The lowest BCUT2D eigenvalue weighted by molar-refractivity contribution is 0.0690. The molecule has 7 heteroatoms. The molecule has 0 aliphatic carbocycles. The number of nitrogens with one attached hydrogen (secondary N) is 1. The maximum atomic E-state index is 10.6. The van der Waals surface area contributed by atoms with Gasteiger partial charge in [-0.05, 0) is 34.1 Å². The fourth-order valence-corrected chi connectivity index (χ4v) is 1.75. The first-order chi connectivity index (χ1) is 8.56. The number of anilines is 2. The van der Waals surface area contributed by atoms with Crippen LogP contribution in [0.15, 0.2) is 35.1 Å². The average Bonchev–Trinajstić information content (AvgIpc) is 2.34. The number of nitrogens with zero attached hydrogens (tertiary/aromatic N) is 2. The van der Waals surface area contributed by atoms with Crippen molar-refractivity contribution in [3.63, 3.8) is 0 Å². The van der Waals surface area contributed by atoms with Gasteiger partial charge in [-0.25, -0.2) is 14.8 Å². The largest absolute Gasteiger partial charge is 0.476 e. The standard InChI is InChI=1S/C11H7BrClN3O2/c12-7-2-1-6(13)3-8(7)16-10-5-14-9(4-15-10)11(17)18/h1-5H,(H,15,16)(H,17,18). The van der Waals surface area contributed by atoms with Gasteiger partial charge in [-0.3, -0.25) is 0 Å². The summed E-state index contributed by atoms with van der Waals surface area (Å²) >= 11 is 9.24. The third kappa shape index (κ3) is 2.96. The van der Waals surface area contributed by atoms with Gasteiger partial charge in [0.15, 0.2) is 5.69 Å². The molecule has 0 radical (unpaired) electrons. The van der Waals surface area contributed by atoms with E-state index in [1.165, 1.54) is 12.4 Å². The van der Waals surface area contributed by atoms with Crippen molar-refractivity contribution in [2.24, 2.45) is 0 Å². The molecule has 0 saturated heterocycles. The number of aromatic nitrogens is 2. The number of benzene rings is 1. The second-order valence-corrected chi connectivity index (χ2v) is 4.63. The Bertz CT molecular complexity index is 589. The van der Waals surface area contributed by atoms with Gasteiger partial charge in [-0.1, -0.05) is 11.6 Å². The quantitative estimate of drug-likeness (QED) is 0.904. The Morgan fingerprint density at radius 2 is 2.11 bits per heavy atom. The molecule has 2 aromatic rings. The number of hydrogen-bond acceptors (Lipinski definition) is 4. The highest BCUT2D eigenvalue weighted by Gasteiger charge is 2.06. The molecule has 18 heavy (non-hydrogen) atoms. The topological polar surface area (TPSA) is 75.1 Å². The molecule has 1 aromatic heterocycles. The molecular formula is C11H7BrClN3O2. The summed E-state index contributed by atoms with van der Waals surface area (Å²) in [5, 5.41) is 12.3. The summed E-state index contributed by atoms with van der Waals surface area (Å²) in [5.41, 5.74) is 0.616. The molecule has 0 saturated carbocycles. The van der Waals surface area contributed by atoms with Gasteiger partial charge < -0.3 is 10.4 Å². The second-order valence-electron chi connectivity index (χ2n) is 3.34. The molecule has 0 atom stereocenters. The minimum Gasteiger partial charge on any atom is -0.476 e. The highest BCUT2D eigenvalue weighted by Crippen LogP contribution is 2.27. The first kappa shape index (κ1) is 12.8. The molecule has 0 fully saturated rings. The normalized spacial score (nSPS) is 10.1. The van der Waals surface area contributed by atoms with E-state index in [-0.39, 0.29) is 5.69 Å². The number of carboxylic acid groups (broad SMARTS) is 1. The Hall–Kier alpha value is -1.66. The molecule has 0 amide bonds. The Kier molecular flexibility index (Phi) is 3.78. The third-order valence-corrected chi connectivity index (χ3v) is 2.99. The van der Waals surface area contributed by atoms with E-state index >= 15 is 0 Å². The van der Waals surface area contributed by atoms with Crippen molar-refractivity contribution in [3.8, 4) is 0 Å². The van der Waals surface area contributed by atoms with Crippen LogP contribution in [0.5, 0.6) is 0 Å². The highest BCUT2D eigenvalue weighted by atomic mass is 79.9. The maximum Gasteiger partial charge on any atom is 0.356 e. The highest BCUT2D eigenvalue weighted by molar-refractivity contribution is 9.10. The number of halogens is 2. The van der Waals surface area contributed by atoms with Crippen molar-refractivity contribution in [1.82, 2.24) is 9.97 Å². The Morgan fingerprint density at radius 1 is 1.33 bits per heavy atom. The van der Waals surface area contributed by atoms with Crippen molar-refractivity contribution in [2.45, 2.75) is 0 Å². The van der Waals surface area contributed by atoms with Gasteiger partial charge in [0.25, 0.3) is 0 Å². The minimum atomic E-state index is -1.11. The van der Waals surface area contributed by atoms with Crippen molar-refractivity contribution in [1.29, 1.82) is 0 Å². The molecule has 0 aliphatic heterocycles. The Morgan fingerprint density at radius 3 is 2.72 bits per heavy atom. The molecule has 0 aliphatic rings. The van der Waals surface area contributed by atoms with E-state index in [2.05, 4.69) is 31.2 Å². The predicted molar refractivity (Wildman–Crippen MR) is 71.4 cm³/mol. The zero-order valence-electron chi connectivity index (χ0n) is 8.89. The summed E-state index contributed by atoms with van der Waals surface area (Å²) in [6, 6.07) is 5.26. The van der Waals surface area contributed by atoms with E-state index in [0.717, 1.165) is 10.2 Å². The summed E-state index contributed by atoms with van der Waals surface area (Å²) in [6.07, 6.45) is 2.53. The van der Waals surface area contributed by atoms with Crippen molar-refractivity contribution >= 4 is 45.0 Å². The van der Waals surface area contributed by atoms with Crippen LogP contribution in [0.2, 0.25) is 5.02 Å². The summed E-state index contributed by atoms with van der Waals surface area (Å²) in [4.78, 5) is 18.3. The predicted octanol–water partition coefficient (Wildman–Crippen LogP) is 3.33. The molecule has 5 nitrogen and oxygen atoms in total. The number of carboxylic acids is 1. The fourth-order valence-electron chi connectivity index (χ4n) is 1.23. The van der Waals surface area contributed by atoms with Crippen LogP contribution in [-0.4, -0.2) is 21.0 Å². The smallest absolute Gasteiger partial charge is 0.356 e. The summed E-state index contributed by atoms with van der Waals surface area (Å²) in [6.45, 7) is 0. The van der Waals surface area contributed by atoms with E-state index in [9.17, 15) is 4.79 Å². The van der Waals surface area contributed by atoms with Crippen LogP contribution in [0.4, 0.5) is 11.5 Å². The fraction of sp³-hybridized carbons (Fsp3) is 0. The lowest BCUT2D eigenvalue weighted by Crippen LogP contribution is -2.02. The Labute approximate surface area is 116 Å². The zero-order valence-corrected chi connectivity index (χ0v) is 11.2. The van der Waals surface area contributed by atoms with Crippen LogP contribution in [0.1, 0.15) is 10.5 Å². The van der Waals surface area contributed by atoms with E-state index in [4.69, 9.17) is 16.7 Å². The van der Waals surface area contributed by atoms with Crippen LogP contribution < -0.4 is 5.32 Å². The third-order valence-electron chi connectivity index (χ3n) is 2.06. The van der Waals surface area contributed by atoms with Gasteiger partial charge in [-0.15, -0.1) is 0 Å². The van der Waals surface area contributed by atoms with Gasteiger partial charge in [0.05, 0.1) is 18.1 Å². The maximum absolute atomic E-state index is 10.6. The van der Waals surface area contributed by atoms with Crippen molar-refractivity contribution in [2.75, 3.05) is 5.32 Å². The molecule has 0 unspecified atom stereocenters. The number of rotatable bonds is 3. The van der Waals surface area contributed by atoms with Crippen LogP contribution >= 0.6 is 27.5 Å². The molecule has 0 bridgehead atoms. The van der Waals surface area contributed by atoms with Gasteiger partial charge in [0, 0.05) is 9.50 Å². The Balaban J connectivity index is 2.23. The molecule has 2 rings (SSSR count). The molecule has 0 spiro atoms. The first-order valence-corrected chi connectivity index (χ1v) is 6.01. The van der Waals surface area contributed by atoms with Gasteiger partial charge in [0.2, 0.25) is 0 Å². The summed E-state index contributed by atoms with van der Waals surface area (Å²) in [7, 11) is 0. The van der Waals surface area contributed by atoms with E-state index < -0.39 is 5.97 Å². The molecule has 1 heterocycles. The number of carbonyl (C=O) groups is 1. The SMILES string of the molecule is O=C(O)c1cnc(Nc2cc(Cl)ccc2Br)cn1. The molecule has 1 aromatic carbocycles. The van der Waals surface area contributed by atoms with Crippen LogP contribution in [-0.2, 0) is 0 Å². The van der Waals surface area contributed by atoms with Gasteiger partial charge in [-0.2, -0.15) is 0 Å². The number of hydrogen-bond donors (Lipinski definition) is 2. The molecule has 2 N–H and O–H groups in total. The summed E-state index contributed by atoms with van der Waals surface area (Å²) < 4.78 is 0.816. The minimum absolute atomic E-state index is 0.106. The van der Waals surface area contributed by atoms with Gasteiger partial charge in [0.1, 0.15) is 5.82 Å². The molecule has 92 valence electrons. The van der Waals surface area contributed by atoms with Crippen LogP contribution in [0.25, 0.3) is 0 Å². The van der Waals surface area contributed by atoms with E-state index in [1.807, 2.05) is 0 Å². The lowest BCUT2D eigenvalue weighted by Gasteiger charge is -2.07. The average molecular weight is 329 g/mol. The van der Waals surface area contributed by atoms with E-state index in [1.54, 1.807) is 18.2 Å². The first-order valence-electron chi connectivity index (χ1n) is 4.83. The van der Waals surface area contributed by atoms with Crippen LogP contribution in [0.3, 0.4) is 0 Å². The second kappa shape index (κ2) is 5.32.